The van der Waals surface area contributed by atoms with Crippen LogP contribution >= 0.6 is 11.6 Å². The second kappa shape index (κ2) is 5.13. The fourth-order valence-corrected chi connectivity index (χ4v) is 2.63. The van der Waals surface area contributed by atoms with E-state index >= 15 is 0 Å². The van der Waals surface area contributed by atoms with Gasteiger partial charge in [0.25, 0.3) is 0 Å². The molecular formula is C15H14ClN3O. The van der Waals surface area contributed by atoms with E-state index in [9.17, 15) is 4.79 Å². The number of pyridine rings is 1. The molecule has 20 heavy (non-hydrogen) atoms. The lowest BCUT2D eigenvalue weighted by Crippen LogP contribution is -2.35. The molecule has 5 heteroatoms. The first-order valence-electron chi connectivity index (χ1n) is 6.39. The molecule has 0 radical (unpaired) electrons. The summed E-state index contributed by atoms with van der Waals surface area (Å²) >= 11 is 6.07. The molecule has 1 amide bonds. The second-order valence-corrected chi connectivity index (χ2v) is 5.11. The molecule has 0 saturated carbocycles. The van der Waals surface area contributed by atoms with Crippen LogP contribution in [0.5, 0.6) is 0 Å². The van der Waals surface area contributed by atoms with Crippen LogP contribution in [0.1, 0.15) is 18.0 Å². The molecule has 2 heterocycles. The van der Waals surface area contributed by atoms with Gasteiger partial charge in [-0.2, -0.15) is 0 Å². The highest BCUT2D eigenvalue weighted by molar-refractivity contribution is 6.31. The van der Waals surface area contributed by atoms with Crippen molar-refractivity contribution in [3.8, 4) is 0 Å². The van der Waals surface area contributed by atoms with Crippen LogP contribution in [-0.2, 0) is 4.79 Å². The first kappa shape index (κ1) is 12.9. The summed E-state index contributed by atoms with van der Waals surface area (Å²) in [6, 6.07) is 11.5. The summed E-state index contributed by atoms with van der Waals surface area (Å²) in [6.45, 7) is 0. The van der Waals surface area contributed by atoms with Crippen molar-refractivity contribution in [2.45, 2.75) is 12.5 Å². The Kier molecular flexibility index (Phi) is 3.32. The normalized spacial score (nSPS) is 17.8. The summed E-state index contributed by atoms with van der Waals surface area (Å²) in [7, 11) is 1.80. The van der Waals surface area contributed by atoms with E-state index in [0.717, 1.165) is 16.9 Å². The third-order valence-corrected chi connectivity index (χ3v) is 3.82. The maximum atomic E-state index is 12.1. The van der Waals surface area contributed by atoms with Gasteiger partial charge >= 0.3 is 0 Å². The second-order valence-electron chi connectivity index (χ2n) is 4.75. The van der Waals surface area contributed by atoms with Gasteiger partial charge in [0.05, 0.1) is 18.2 Å². The van der Waals surface area contributed by atoms with Crippen LogP contribution in [-0.4, -0.2) is 17.9 Å². The summed E-state index contributed by atoms with van der Waals surface area (Å²) in [5.74, 6) is 0.0845. The van der Waals surface area contributed by atoms with Crippen LogP contribution < -0.4 is 10.2 Å². The topological polar surface area (TPSA) is 45.2 Å². The van der Waals surface area contributed by atoms with Crippen LogP contribution in [0.2, 0.25) is 5.15 Å². The Morgan fingerprint density at radius 2 is 2.10 bits per heavy atom. The Labute approximate surface area is 122 Å². The van der Waals surface area contributed by atoms with E-state index in [1.165, 1.54) is 0 Å². The molecule has 0 saturated heterocycles. The van der Waals surface area contributed by atoms with Crippen molar-refractivity contribution >= 4 is 28.9 Å². The van der Waals surface area contributed by atoms with Gasteiger partial charge in [0.1, 0.15) is 0 Å². The van der Waals surface area contributed by atoms with Crippen molar-refractivity contribution in [1.29, 1.82) is 0 Å². The Balaban J connectivity index is 1.97. The average molecular weight is 288 g/mol. The van der Waals surface area contributed by atoms with Gasteiger partial charge in [0, 0.05) is 18.9 Å². The number of hydrogen-bond acceptors (Lipinski definition) is 3. The highest BCUT2D eigenvalue weighted by Crippen LogP contribution is 2.36. The molecule has 2 aromatic rings. The number of amides is 1. The minimum atomic E-state index is -0.0865. The van der Waals surface area contributed by atoms with Crippen molar-refractivity contribution < 1.29 is 4.79 Å². The highest BCUT2D eigenvalue weighted by atomic mass is 35.5. The van der Waals surface area contributed by atoms with Gasteiger partial charge in [0.15, 0.2) is 5.15 Å². The van der Waals surface area contributed by atoms with Crippen molar-refractivity contribution in [2.75, 3.05) is 17.3 Å². The molecule has 1 unspecified atom stereocenters. The minimum Gasteiger partial charge on any atom is -0.375 e. The third kappa shape index (κ3) is 2.23. The van der Waals surface area contributed by atoms with Gasteiger partial charge in [-0.15, -0.1) is 0 Å². The van der Waals surface area contributed by atoms with Gasteiger partial charge in [-0.3, -0.25) is 4.79 Å². The lowest BCUT2D eigenvalue weighted by Gasteiger charge is -2.32. The molecule has 1 N–H and O–H groups in total. The number of nitrogens with zero attached hydrogens (tertiary/aromatic N) is 2. The molecular weight excluding hydrogens is 274 g/mol. The smallest absolute Gasteiger partial charge is 0.229 e. The first-order valence-corrected chi connectivity index (χ1v) is 6.77. The zero-order valence-corrected chi connectivity index (χ0v) is 11.8. The molecule has 0 aliphatic carbocycles. The molecule has 0 bridgehead atoms. The SMILES string of the molecule is CN1C(=O)CC(Nc2cccnc2Cl)c2ccccc21. The average Bonchev–Trinajstić information content (AvgIpc) is 2.47. The zero-order valence-electron chi connectivity index (χ0n) is 11.0. The monoisotopic (exact) mass is 287 g/mol. The summed E-state index contributed by atoms with van der Waals surface area (Å²) in [5.41, 5.74) is 2.77. The van der Waals surface area contributed by atoms with Crippen molar-refractivity contribution in [1.82, 2.24) is 4.98 Å². The summed E-state index contributed by atoms with van der Waals surface area (Å²) in [5, 5.41) is 3.73. The Hall–Kier alpha value is -2.07. The van der Waals surface area contributed by atoms with Crippen molar-refractivity contribution in [2.24, 2.45) is 0 Å². The zero-order chi connectivity index (χ0) is 14.1. The Morgan fingerprint density at radius 1 is 1.30 bits per heavy atom. The van der Waals surface area contributed by atoms with Crippen LogP contribution in [0.15, 0.2) is 42.6 Å². The number of anilines is 2. The van der Waals surface area contributed by atoms with Crippen LogP contribution in [0, 0.1) is 0 Å². The summed E-state index contributed by atoms with van der Waals surface area (Å²) in [4.78, 5) is 17.8. The molecule has 1 aromatic heterocycles. The van der Waals surface area contributed by atoms with Gasteiger partial charge in [-0.25, -0.2) is 4.98 Å². The summed E-state index contributed by atoms with van der Waals surface area (Å²) in [6.07, 6.45) is 2.04. The fraction of sp³-hybridized carbons (Fsp3) is 0.200. The molecule has 1 aromatic carbocycles. The minimum absolute atomic E-state index is 0.0845. The fourth-order valence-electron chi connectivity index (χ4n) is 2.45. The van der Waals surface area contributed by atoms with E-state index in [-0.39, 0.29) is 11.9 Å². The van der Waals surface area contributed by atoms with E-state index in [1.807, 2.05) is 36.4 Å². The van der Waals surface area contributed by atoms with Gasteiger partial charge in [-0.05, 0) is 23.8 Å². The quantitative estimate of drug-likeness (QED) is 0.863. The number of benzene rings is 1. The Morgan fingerprint density at radius 3 is 2.90 bits per heavy atom. The number of para-hydroxylation sites is 1. The lowest BCUT2D eigenvalue weighted by atomic mass is 9.96. The molecule has 1 aliphatic rings. The molecule has 1 aliphatic heterocycles. The third-order valence-electron chi connectivity index (χ3n) is 3.52. The van der Waals surface area contributed by atoms with Gasteiger partial charge in [-0.1, -0.05) is 29.8 Å². The van der Waals surface area contributed by atoms with E-state index in [1.54, 1.807) is 18.1 Å². The van der Waals surface area contributed by atoms with Gasteiger partial charge in [0.2, 0.25) is 5.91 Å². The standard InChI is InChI=1S/C15H14ClN3O/c1-19-13-7-3-2-5-10(13)12(9-14(19)20)18-11-6-4-8-17-15(11)16/h2-8,12,18H,9H2,1H3. The maximum absolute atomic E-state index is 12.1. The van der Waals surface area contributed by atoms with Crippen molar-refractivity contribution in [3.05, 3.63) is 53.3 Å². The van der Waals surface area contributed by atoms with E-state index in [4.69, 9.17) is 11.6 Å². The number of carbonyl (C=O) groups excluding carboxylic acids is 1. The molecule has 1 atom stereocenters. The van der Waals surface area contributed by atoms with Crippen molar-refractivity contribution in [3.63, 3.8) is 0 Å². The van der Waals surface area contributed by atoms with Crippen LogP contribution in [0.25, 0.3) is 0 Å². The number of nitrogens with one attached hydrogen (secondary N) is 1. The predicted octanol–water partition coefficient (Wildman–Crippen LogP) is 3.25. The van der Waals surface area contributed by atoms with E-state index < -0.39 is 0 Å². The van der Waals surface area contributed by atoms with Crippen LogP contribution in [0.4, 0.5) is 11.4 Å². The maximum Gasteiger partial charge on any atom is 0.229 e. The van der Waals surface area contributed by atoms with E-state index in [2.05, 4.69) is 10.3 Å². The van der Waals surface area contributed by atoms with Gasteiger partial charge < -0.3 is 10.2 Å². The van der Waals surface area contributed by atoms with Crippen LogP contribution in [0.3, 0.4) is 0 Å². The predicted molar refractivity (Wildman–Crippen MR) is 80.1 cm³/mol. The molecule has 4 nitrogen and oxygen atoms in total. The number of carbonyl (C=O) groups is 1. The lowest BCUT2D eigenvalue weighted by molar-refractivity contribution is -0.118. The number of halogens is 1. The molecule has 3 rings (SSSR count). The Bertz CT molecular complexity index is 659. The highest BCUT2D eigenvalue weighted by Gasteiger charge is 2.29. The molecule has 0 spiro atoms. The molecule has 0 fully saturated rings. The number of fused-ring (bicyclic) bond motifs is 1. The number of rotatable bonds is 2. The molecule has 102 valence electrons. The van der Waals surface area contributed by atoms with E-state index in [0.29, 0.717) is 11.6 Å². The largest absolute Gasteiger partial charge is 0.375 e. The first-order chi connectivity index (χ1) is 9.66. The summed E-state index contributed by atoms with van der Waals surface area (Å²) < 4.78 is 0. The number of aromatic nitrogens is 1. The number of hydrogen-bond donors (Lipinski definition) is 1.